The highest BCUT2D eigenvalue weighted by atomic mass is 32.2. The normalized spacial score (nSPS) is 12.4. The highest BCUT2D eigenvalue weighted by molar-refractivity contribution is 7.92. The van der Waals surface area contributed by atoms with Crippen molar-refractivity contribution in [2.24, 2.45) is 18.9 Å². The van der Waals surface area contributed by atoms with Gasteiger partial charge >= 0.3 is 0 Å². The largest absolute Gasteiger partial charge is 0.353 e. The number of nitrogens with zero attached hydrogens (tertiary/aromatic N) is 3. The lowest BCUT2D eigenvalue weighted by atomic mass is 10.2. The average Bonchev–Trinajstić information content (AvgIpc) is 3.10. The topological polar surface area (TPSA) is 62.6 Å². The van der Waals surface area contributed by atoms with Crippen LogP contribution in [-0.2, 0) is 28.4 Å². The van der Waals surface area contributed by atoms with Gasteiger partial charge in [0.2, 0.25) is 15.9 Å². The molecule has 31 heavy (non-hydrogen) atoms. The Labute approximate surface area is 187 Å². The Kier molecular flexibility index (Phi) is 9.07. The van der Waals surface area contributed by atoms with Crippen molar-refractivity contribution < 1.29 is 13.2 Å². The van der Waals surface area contributed by atoms with Crippen molar-refractivity contribution >= 4 is 22.0 Å². The molecule has 1 aromatic carbocycles. The second kappa shape index (κ2) is 11.3. The number of benzene rings is 1. The standard InChI is InChI=1S/C24H35N3O3S/c1-20(2)16-26(18-23-12-9-14-25(23)5)24(28)19-27(17-21(3)4)31(29,30)15-13-22-10-7-6-8-11-22/h6-15,20-21H,16-19H2,1-5H3. The summed E-state index contributed by atoms with van der Waals surface area (Å²) in [5.41, 5.74) is 1.81. The predicted octanol–water partition coefficient (Wildman–Crippen LogP) is 3.97. The summed E-state index contributed by atoms with van der Waals surface area (Å²) in [5, 5.41) is 1.20. The Hall–Kier alpha value is -2.38. The van der Waals surface area contributed by atoms with Gasteiger partial charge in [-0.2, -0.15) is 4.31 Å². The molecule has 0 unspecified atom stereocenters. The maximum atomic E-state index is 13.2. The predicted molar refractivity (Wildman–Crippen MR) is 126 cm³/mol. The van der Waals surface area contributed by atoms with E-state index in [1.807, 2.05) is 74.1 Å². The van der Waals surface area contributed by atoms with Crippen LogP contribution < -0.4 is 0 Å². The molecule has 0 fully saturated rings. The van der Waals surface area contributed by atoms with Gasteiger partial charge in [0.15, 0.2) is 0 Å². The Morgan fingerprint density at radius 2 is 1.65 bits per heavy atom. The number of hydrogen-bond acceptors (Lipinski definition) is 3. The minimum Gasteiger partial charge on any atom is -0.353 e. The third-order valence-corrected chi connectivity index (χ3v) is 6.29. The first-order chi connectivity index (χ1) is 14.6. The summed E-state index contributed by atoms with van der Waals surface area (Å²) in [6.45, 7) is 9.14. The third-order valence-electron chi connectivity index (χ3n) is 4.81. The Balaban J connectivity index is 2.22. The molecule has 170 valence electrons. The Bertz CT molecular complexity index is 963. The minimum absolute atomic E-state index is 0.0964. The van der Waals surface area contributed by atoms with Crippen molar-refractivity contribution in [2.75, 3.05) is 19.6 Å². The van der Waals surface area contributed by atoms with E-state index in [4.69, 9.17) is 0 Å². The second-order valence-corrected chi connectivity index (χ2v) is 10.5. The summed E-state index contributed by atoms with van der Waals surface area (Å²) in [4.78, 5) is 15.0. The fraction of sp³-hybridized carbons (Fsp3) is 0.458. The molecule has 0 N–H and O–H groups in total. The molecule has 1 heterocycles. The molecular formula is C24H35N3O3S. The van der Waals surface area contributed by atoms with E-state index in [0.717, 1.165) is 11.3 Å². The first-order valence-electron chi connectivity index (χ1n) is 10.7. The van der Waals surface area contributed by atoms with Crippen LogP contribution in [0.5, 0.6) is 0 Å². The Morgan fingerprint density at radius 1 is 1.00 bits per heavy atom. The van der Waals surface area contributed by atoms with Crippen LogP contribution in [0.2, 0.25) is 0 Å². The fourth-order valence-electron chi connectivity index (χ4n) is 3.28. The van der Waals surface area contributed by atoms with Gasteiger partial charge in [0.05, 0.1) is 13.1 Å². The van der Waals surface area contributed by atoms with Gasteiger partial charge in [-0.3, -0.25) is 4.79 Å². The van der Waals surface area contributed by atoms with E-state index in [1.54, 1.807) is 11.0 Å². The molecule has 7 heteroatoms. The van der Waals surface area contributed by atoms with Crippen molar-refractivity contribution in [3.05, 3.63) is 65.3 Å². The van der Waals surface area contributed by atoms with Gasteiger partial charge in [0.25, 0.3) is 0 Å². The average molecular weight is 446 g/mol. The molecule has 1 amide bonds. The zero-order valence-corrected chi connectivity index (χ0v) is 20.0. The summed E-state index contributed by atoms with van der Waals surface area (Å²) in [7, 11) is -1.80. The number of aryl methyl sites for hydroxylation is 1. The van der Waals surface area contributed by atoms with Crippen LogP contribution in [-0.4, -0.2) is 47.7 Å². The van der Waals surface area contributed by atoms with Crippen LogP contribution in [0, 0.1) is 11.8 Å². The molecule has 0 atom stereocenters. The van der Waals surface area contributed by atoms with Crippen LogP contribution >= 0.6 is 0 Å². The van der Waals surface area contributed by atoms with Gasteiger partial charge in [-0.05, 0) is 35.6 Å². The van der Waals surface area contributed by atoms with Crippen LogP contribution in [0.15, 0.2) is 54.1 Å². The number of carbonyl (C=O) groups excluding carboxylic acids is 1. The SMILES string of the molecule is CC(C)CN(Cc1cccn1C)C(=O)CN(CC(C)C)S(=O)(=O)C=Cc1ccccc1. The van der Waals surface area contributed by atoms with E-state index >= 15 is 0 Å². The zero-order valence-electron chi connectivity index (χ0n) is 19.2. The van der Waals surface area contributed by atoms with E-state index < -0.39 is 10.0 Å². The van der Waals surface area contributed by atoms with Gasteiger partial charge in [0.1, 0.15) is 0 Å². The molecule has 2 aromatic rings. The molecule has 1 aromatic heterocycles. The number of aromatic nitrogens is 1. The highest BCUT2D eigenvalue weighted by Crippen LogP contribution is 2.14. The van der Waals surface area contributed by atoms with E-state index in [2.05, 4.69) is 13.8 Å². The van der Waals surface area contributed by atoms with Crippen LogP contribution in [0.4, 0.5) is 0 Å². The summed E-state index contributed by atoms with van der Waals surface area (Å²) in [6.07, 6.45) is 3.51. The van der Waals surface area contributed by atoms with Crippen LogP contribution in [0.1, 0.15) is 39.0 Å². The van der Waals surface area contributed by atoms with Gasteiger partial charge in [0, 0.05) is 37.4 Å². The molecule has 2 rings (SSSR count). The highest BCUT2D eigenvalue weighted by Gasteiger charge is 2.26. The lowest BCUT2D eigenvalue weighted by Crippen LogP contribution is -2.44. The molecule has 0 radical (unpaired) electrons. The quantitative estimate of drug-likeness (QED) is 0.526. The van der Waals surface area contributed by atoms with Gasteiger partial charge < -0.3 is 9.47 Å². The summed E-state index contributed by atoms with van der Waals surface area (Å²) in [5.74, 6) is 0.184. The molecule has 6 nitrogen and oxygen atoms in total. The number of rotatable bonds is 11. The summed E-state index contributed by atoms with van der Waals surface area (Å²) >= 11 is 0. The molecule has 0 aliphatic heterocycles. The number of amides is 1. The first-order valence-corrected chi connectivity index (χ1v) is 12.2. The number of hydrogen-bond donors (Lipinski definition) is 0. The monoisotopic (exact) mass is 445 g/mol. The van der Waals surface area contributed by atoms with Crippen molar-refractivity contribution in [3.8, 4) is 0 Å². The maximum Gasteiger partial charge on any atom is 0.238 e. The molecule has 0 aliphatic carbocycles. The lowest BCUT2D eigenvalue weighted by Gasteiger charge is -2.28. The van der Waals surface area contributed by atoms with Crippen LogP contribution in [0.25, 0.3) is 6.08 Å². The minimum atomic E-state index is -3.74. The van der Waals surface area contributed by atoms with Crippen molar-refractivity contribution in [2.45, 2.75) is 34.2 Å². The van der Waals surface area contributed by atoms with Crippen molar-refractivity contribution in [1.82, 2.24) is 13.8 Å². The van der Waals surface area contributed by atoms with E-state index in [-0.39, 0.29) is 30.8 Å². The lowest BCUT2D eigenvalue weighted by molar-refractivity contribution is -0.132. The smallest absolute Gasteiger partial charge is 0.238 e. The first kappa shape index (κ1) is 24.9. The Morgan fingerprint density at radius 3 is 2.19 bits per heavy atom. The van der Waals surface area contributed by atoms with Crippen molar-refractivity contribution in [3.63, 3.8) is 0 Å². The summed E-state index contributed by atoms with van der Waals surface area (Å²) in [6, 6.07) is 13.2. The molecule has 0 spiro atoms. The molecule has 0 bridgehead atoms. The molecule has 0 aliphatic rings. The van der Waals surface area contributed by atoms with Gasteiger partial charge in [-0.25, -0.2) is 8.42 Å². The van der Waals surface area contributed by atoms with E-state index in [9.17, 15) is 13.2 Å². The van der Waals surface area contributed by atoms with E-state index in [0.29, 0.717) is 13.1 Å². The second-order valence-electron chi connectivity index (χ2n) is 8.72. The molecular weight excluding hydrogens is 410 g/mol. The van der Waals surface area contributed by atoms with Gasteiger partial charge in [-0.1, -0.05) is 58.0 Å². The number of carbonyl (C=O) groups is 1. The zero-order chi connectivity index (χ0) is 23.0. The fourth-order valence-corrected chi connectivity index (χ4v) is 4.58. The molecule has 0 saturated heterocycles. The maximum absolute atomic E-state index is 13.2. The third kappa shape index (κ3) is 7.99. The van der Waals surface area contributed by atoms with Crippen molar-refractivity contribution in [1.29, 1.82) is 0 Å². The summed E-state index contributed by atoms with van der Waals surface area (Å²) < 4.78 is 29.4. The van der Waals surface area contributed by atoms with E-state index in [1.165, 1.54) is 9.71 Å². The molecule has 0 saturated carbocycles. The van der Waals surface area contributed by atoms with Gasteiger partial charge in [-0.15, -0.1) is 0 Å². The number of sulfonamides is 1. The van der Waals surface area contributed by atoms with Crippen LogP contribution in [0.3, 0.4) is 0 Å².